The molecule has 1 saturated heterocycles. The molecule has 0 saturated carbocycles. The monoisotopic (exact) mass is 380 g/mol. The fourth-order valence-corrected chi connectivity index (χ4v) is 3.48. The summed E-state index contributed by atoms with van der Waals surface area (Å²) in [5, 5.41) is 0. The first kappa shape index (κ1) is 18.9. The molecule has 3 atom stereocenters. The number of nitrogens with zero attached hydrogens (tertiary/aromatic N) is 1. The molecule has 0 spiro atoms. The summed E-state index contributed by atoms with van der Waals surface area (Å²) in [6, 6.07) is 11.1. The van der Waals surface area contributed by atoms with Crippen LogP contribution >= 0.6 is 8.60 Å². The third-order valence-electron chi connectivity index (χ3n) is 3.94. The Balaban J connectivity index is 1.47. The van der Waals surface area contributed by atoms with Crippen molar-refractivity contribution in [2.45, 2.75) is 31.8 Å². The van der Waals surface area contributed by atoms with Crippen LogP contribution in [0.3, 0.4) is 0 Å². The number of benzene rings is 1. The lowest BCUT2D eigenvalue weighted by Crippen LogP contribution is -2.31. The smallest absolute Gasteiger partial charge is 0.332 e. The van der Waals surface area contributed by atoms with Crippen molar-refractivity contribution in [1.82, 2.24) is 9.55 Å². The molecule has 0 radical (unpaired) electrons. The molecule has 3 rings (SSSR count). The Labute approximate surface area is 151 Å². The van der Waals surface area contributed by atoms with E-state index < -0.39 is 26.1 Å². The Morgan fingerprint density at radius 2 is 2.00 bits per heavy atom. The van der Waals surface area contributed by atoms with Gasteiger partial charge < -0.3 is 18.3 Å². The van der Waals surface area contributed by atoms with Crippen LogP contribution in [-0.2, 0) is 24.9 Å². The number of aromatic amines is 1. The van der Waals surface area contributed by atoms with Gasteiger partial charge in [-0.25, -0.2) is 4.79 Å². The Morgan fingerprint density at radius 1 is 1.19 bits per heavy atom. The second-order valence-electron chi connectivity index (χ2n) is 5.77. The molecular formula is C17H21N2O6P. The molecule has 1 aromatic carbocycles. The van der Waals surface area contributed by atoms with Crippen molar-refractivity contribution in [3.63, 3.8) is 0 Å². The van der Waals surface area contributed by atoms with Crippen molar-refractivity contribution >= 4 is 8.60 Å². The molecule has 1 fully saturated rings. The van der Waals surface area contributed by atoms with Crippen molar-refractivity contribution in [3.8, 4) is 0 Å². The van der Waals surface area contributed by atoms with Crippen molar-refractivity contribution in [1.29, 1.82) is 0 Å². The van der Waals surface area contributed by atoms with Crippen LogP contribution in [0, 0.1) is 0 Å². The first-order chi connectivity index (χ1) is 12.7. The zero-order chi connectivity index (χ0) is 18.4. The second-order valence-corrected chi connectivity index (χ2v) is 7.10. The van der Waals surface area contributed by atoms with Gasteiger partial charge in [-0.2, -0.15) is 0 Å². The minimum atomic E-state index is -1.47. The first-order valence-electron chi connectivity index (χ1n) is 8.26. The molecule has 26 heavy (non-hydrogen) atoms. The van der Waals surface area contributed by atoms with E-state index in [1.54, 1.807) is 0 Å². The fraction of sp³-hybridized carbons (Fsp3) is 0.412. The van der Waals surface area contributed by atoms with E-state index in [1.807, 2.05) is 30.3 Å². The summed E-state index contributed by atoms with van der Waals surface area (Å²) in [7, 11) is 0.0632. The summed E-state index contributed by atoms with van der Waals surface area (Å²) in [6.07, 6.45) is 2.27. The molecule has 2 aromatic rings. The molecule has 1 N–H and O–H groups in total. The summed E-state index contributed by atoms with van der Waals surface area (Å²) in [5.74, 6) is 0. The molecule has 1 aliphatic heterocycles. The van der Waals surface area contributed by atoms with E-state index in [0.29, 0.717) is 19.6 Å². The summed E-state index contributed by atoms with van der Waals surface area (Å²) in [5.41, 5.74) is 0.134. The average molecular weight is 380 g/mol. The second kappa shape index (κ2) is 9.21. The number of hydrogen-bond acceptors (Lipinski definition) is 6. The minimum Gasteiger partial charge on any atom is -0.352 e. The minimum absolute atomic E-state index is 0.167. The van der Waals surface area contributed by atoms with E-state index in [-0.39, 0.29) is 6.10 Å². The molecular weight excluding hydrogens is 359 g/mol. The van der Waals surface area contributed by atoms with Gasteiger partial charge in [-0.3, -0.25) is 14.3 Å². The van der Waals surface area contributed by atoms with Crippen molar-refractivity contribution in [3.05, 3.63) is 69.0 Å². The third kappa shape index (κ3) is 5.09. The van der Waals surface area contributed by atoms with Gasteiger partial charge in [0, 0.05) is 19.4 Å². The summed E-state index contributed by atoms with van der Waals surface area (Å²) in [6.45, 7) is 0.713. The van der Waals surface area contributed by atoms with Gasteiger partial charge in [0.1, 0.15) is 6.23 Å². The van der Waals surface area contributed by atoms with Gasteiger partial charge in [0.25, 0.3) is 5.56 Å². The zero-order valence-corrected chi connectivity index (χ0v) is 15.3. The third-order valence-corrected chi connectivity index (χ3v) is 4.94. The highest BCUT2D eigenvalue weighted by molar-refractivity contribution is 7.41. The van der Waals surface area contributed by atoms with Crippen LogP contribution in [0.15, 0.2) is 52.2 Å². The highest BCUT2D eigenvalue weighted by Gasteiger charge is 2.28. The van der Waals surface area contributed by atoms with Gasteiger partial charge in [0.05, 0.1) is 19.3 Å². The van der Waals surface area contributed by atoms with E-state index in [2.05, 4.69) is 4.98 Å². The predicted octanol–water partition coefficient (Wildman–Crippen LogP) is 2.32. The summed E-state index contributed by atoms with van der Waals surface area (Å²) >= 11 is 0. The molecule has 0 amide bonds. The van der Waals surface area contributed by atoms with Crippen LogP contribution in [0.2, 0.25) is 0 Å². The number of rotatable bonds is 8. The highest BCUT2D eigenvalue weighted by atomic mass is 31.2. The molecule has 1 aromatic heterocycles. The van der Waals surface area contributed by atoms with E-state index in [9.17, 15) is 9.59 Å². The van der Waals surface area contributed by atoms with Gasteiger partial charge in [-0.15, -0.1) is 0 Å². The highest BCUT2D eigenvalue weighted by Crippen LogP contribution is 2.40. The number of nitrogens with one attached hydrogen (secondary N) is 1. The maximum Gasteiger partial charge on any atom is 0.332 e. The molecule has 0 bridgehead atoms. The molecule has 8 nitrogen and oxygen atoms in total. The molecule has 0 aliphatic carbocycles. The largest absolute Gasteiger partial charge is 0.352 e. The topological polar surface area (TPSA) is 91.8 Å². The van der Waals surface area contributed by atoms with Gasteiger partial charge in [-0.1, -0.05) is 30.3 Å². The standard InChI is InChI=1S/C17H21N2O6P/c1-22-26(23-11-13-5-3-2-4-6-13)24-12-14-7-8-16(25-14)19-10-9-15(20)18-17(19)21/h2-6,9-10,14,16H,7-8,11-12H2,1H3,(H,18,20,21). The number of aromatic nitrogens is 2. The summed E-state index contributed by atoms with van der Waals surface area (Å²) in [4.78, 5) is 25.2. The van der Waals surface area contributed by atoms with Crippen LogP contribution in [-0.4, -0.2) is 29.4 Å². The SMILES string of the molecule is COP(OCc1ccccc1)OCC1CCC(n2ccc(=O)[nH]c2=O)O1. The molecule has 3 unspecified atom stereocenters. The quantitative estimate of drug-likeness (QED) is 0.707. The molecule has 9 heteroatoms. The van der Waals surface area contributed by atoms with E-state index in [0.717, 1.165) is 12.0 Å². The van der Waals surface area contributed by atoms with E-state index in [4.69, 9.17) is 18.3 Å². The van der Waals surface area contributed by atoms with Crippen LogP contribution in [0.1, 0.15) is 24.6 Å². The Morgan fingerprint density at radius 3 is 2.73 bits per heavy atom. The molecule has 1 aliphatic rings. The Hall–Kier alpha value is -1.83. The van der Waals surface area contributed by atoms with Crippen LogP contribution in [0.25, 0.3) is 0 Å². The lowest BCUT2D eigenvalue weighted by Gasteiger charge is -2.18. The fourth-order valence-electron chi connectivity index (χ4n) is 2.66. The van der Waals surface area contributed by atoms with Crippen molar-refractivity contribution in [2.24, 2.45) is 0 Å². The number of ether oxygens (including phenoxy) is 1. The maximum absolute atomic E-state index is 11.8. The number of H-pyrrole nitrogens is 1. The Kier molecular flexibility index (Phi) is 6.71. The molecule has 2 heterocycles. The van der Waals surface area contributed by atoms with Crippen molar-refractivity contribution in [2.75, 3.05) is 13.7 Å². The van der Waals surface area contributed by atoms with Gasteiger partial charge in [0.2, 0.25) is 0 Å². The van der Waals surface area contributed by atoms with Gasteiger partial charge >= 0.3 is 14.3 Å². The zero-order valence-electron chi connectivity index (χ0n) is 14.4. The molecule has 140 valence electrons. The lowest BCUT2D eigenvalue weighted by molar-refractivity contribution is -0.0234. The van der Waals surface area contributed by atoms with Crippen LogP contribution in [0.4, 0.5) is 0 Å². The van der Waals surface area contributed by atoms with Gasteiger partial charge in [0.15, 0.2) is 0 Å². The van der Waals surface area contributed by atoms with Crippen molar-refractivity contribution < 1.29 is 18.3 Å². The summed E-state index contributed by atoms with van der Waals surface area (Å²) < 4.78 is 23.8. The normalized spacial score (nSPS) is 21.0. The van der Waals surface area contributed by atoms with Crippen LogP contribution < -0.4 is 11.2 Å². The van der Waals surface area contributed by atoms with Crippen LogP contribution in [0.5, 0.6) is 0 Å². The maximum atomic E-state index is 11.8. The van der Waals surface area contributed by atoms with E-state index >= 15 is 0 Å². The van der Waals surface area contributed by atoms with Gasteiger partial charge in [-0.05, 0) is 18.4 Å². The lowest BCUT2D eigenvalue weighted by atomic mass is 10.2. The first-order valence-corrected chi connectivity index (χ1v) is 9.36. The predicted molar refractivity (Wildman–Crippen MR) is 95.6 cm³/mol. The number of hydrogen-bond donors (Lipinski definition) is 1. The Bertz CT molecular complexity index is 809. The average Bonchev–Trinajstić information content (AvgIpc) is 3.11. The van der Waals surface area contributed by atoms with E-state index in [1.165, 1.54) is 23.9 Å².